The summed E-state index contributed by atoms with van der Waals surface area (Å²) in [5.41, 5.74) is 3.89. The van der Waals surface area contributed by atoms with Crippen LogP contribution in [-0.4, -0.2) is 42.2 Å². The molecule has 2 aromatic heterocycles. The molecular weight excluding hydrogens is 436 g/mol. The Bertz CT molecular complexity index is 1300. The predicted molar refractivity (Wildman–Crippen MR) is 129 cm³/mol. The third-order valence-corrected chi connectivity index (χ3v) is 7.02. The molecule has 0 aliphatic rings. The highest BCUT2D eigenvalue weighted by molar-refractivity contribution is 7.89. The second-order valence-corrected chi connectivity index (χ2v) is 9.63. The average Bonchev–Trinajstić information content (AvgIpc) is 3.13. The highest BCUT2D eigenvalue weighted by Gasteiger charge is 2.21. The van der Waals surface area contributed by atoms with Crippen molar-refractivity contribution in [3.8, 4) is 0 Å². The van der Waals surface area contributed by atoms with E-state index in [1.165, 1.54) is 0 Å². The van der Waals surface area contributed by atoms with E-state index >= 15 is 0 Å². The summed E-state index contributed by atoms with van der Waals surface area (Å²) in [5, 5.41) is 0. The smallest absolute Gasteiger partial charge is 0.240 e. The van der Waals surface area contributed by atoms with Gasteiger partial charge in [0.15, 0.2) is 0 Å². The zero-order valence-electron chi connectivity index (χ0n) is 18.8. The van der Waals surface area contributed by atoms with Crippen LogP contribution in [0.4, 0.5) is 0 Å². The fourth-order valence-corrected chi connectivity index (χ4v) is 5.06. The molecule has 1 N–H and O–H groups in total. The number of fused-ring (bicyclic) bond motifs is 1. The maximum absolute atomic E-state index is 13.1. The monoisotopic (exact) mass is 464 g/mol. The summed E-state index contributed by atoms with van der Waals surface area (Å²) in [6.07, 6.45) is 4.05. The van der Waals surface area contributed by atoms with Crippen molar-refractivity contribution >= 4 is 21.1 Å². The van der Waals surface area contributed by atoms with Gasteiger partial charge in [0.25, 0.3) is 0 Å². The number of hydrogen-bond donors (Lipinski definition) is 1. The van der Waals surface area contributed by atoms with Crippen molar-refractivity contribution in [2.75, 3.05) is 13.2 Å². The van der Waals surface area contributed by atoms with Gasteiger partial charge in [0.1, 0.15) is 11.3 Å². The van der Waals surface area contributed by atoms with Crippen molar-refractivity contribution in [2.24, 2.45) is 0 Å². The number of benzene rings is 2. The first-order valence-electron chi connectivity index (χ1n) is 11.0. The predicted octanol–water partition coefficient (Wildman–Crippen LogP) is 3.71. The summed E-state index contributed by atoms with van der Waals surface area (Å²) in [6.45, 7) is 5.29. The fourth-order valence-electron chi connectivity index (χ4n) is 3.84. The van der Waals surface area contributed by atoms with Crippen LogP contribution in [0.25, 0.3) is 11.0 Å². The maximum Gasteiger partial charge on any atom is 0.240 e. The summed E-state index contributed by atoms with van der Waals surface area (Å²) in [5.74, 6) is 0.885. The third kappa shape index (κ3) is 5.65. The van der Waals surface area contributed by atoms with Gasteiger partial charge in [-0.05, 0) is 49.6 Å². The molecule has 0 aliphatic carbocycles. The first kappa shape index (κ1) is 23.1. The van der Waals surface area contributed by atoms with Gasteiger partial charge in [-0.15, -0.1) is 0 Å². The molecule has 0 saturated heterocycles. The standard InChI is InChI=1S/C25H28N4O3S/c1-3-32-18-22(15-20-7-5-4-6-8-20)28-33(30,31)23-11-9-21(10-12-23)17-29-19(2)27-24-16-26-14-13-25(24)29/h4-14,16,22,28H,3,15,17-18H2,1-2H3/t22-/m0/s1. The molecule has 4 rings (SSSR count). The van der Waals surface area contributed by atoms with E-state index in [0.717, 1.165) is 28.0 Å². The van der Waals surface area contributed by atoms with Crippen molar-refractivity contribution in [3.63, 3.8) is 0 Å². The lowest BCUT2D eigenvalue weighted by Gasteiger charge is -2.19. The number of nitrogens with one attached hydrogen (secondary N) is 1. The third-order valence-electron chi connectivity index (χ3n) is 5.49. The minimum absolute atomic E-state index is 0.234. The molecule has 0 amide bonds. The Labute approximate surface area is 194 Å². The van der Waals surface area contributed by atoms with Crippen molar-refractivity contribution in [1.29, 1.82) is 0 Å². The Morgan fingerprint density at radius 1 is 1.03 bits per heavy atom. The summed E-state index contributed by atoms with van der Waals surface area (Å²) in [4.78, 5) is 8.90. The zero-order chi connectivity index (χ0) is 23.3. The normalized spacial score (nSPS) is 12.8. The van der Waals surface area contributed by atoms with Gasteiger partial charge >= 0.3 is 0 Å². The first-order chi connectivity index (χ1) is 16.0. The highest BCUT2D eigenvalue weighted by atomic mass is 32.2. The van der Waals surface area contributed by atoms with E-state index in [2.05, 4.69) is 19.3 Å². The number of nitrogens with zero attached hydrogens (tertiary/aromatic N) is 3. The summed E-state index contributed by atoms with van der Waals surface area (Å²) in [7, 11) is -3.69. The minimum atomic E-state index is -3.69. The topological polar surface area (TPSA) is 86.1 Å². The molecule has 7 nitrogen and oxygen atoms in total. The van der Waals surface area contributed by atoms with Gasteiger partial charge in [-0.2, -0.15) is 0 Å². The Balaban J connectivity index is 1.49. The van der Waals surface area contributed by atoms with Gasteiger partial charge in [-0.25, -0.2) is 18.1 Å². The second-order valence-electron chi connectivity index (χ2n) is 7.92. The van der Waals surface area contributed by atoms with Gasteiger partial charge in [-0.1, -0.05) is 42.5 Å². The Morgan fingerprint density at radius 3 is 2.52 bits per heavy atom. The van der Waals surface area contributed by atoms with Gasteiger partial charge in [-0.3, -0.25) is 4.98 Å². The van der Waals surface area contributed by atoms with Crippen LogP contribution < -0.4 is 4.72 Å². The lowest BCUT2D eigenvalue weighted by molar-refractivity contribution is 0.129. The molecule has 172 valence electrons. The summed E-state index contributed by atoms with van der Waals surface area (Å²) in [6, 6.07) is 18.4. The van der Waals surface area contributed by atoms with Crippen LogP contribution in [0.3, 0.4) is 0 Å². The van der Waals surface area contributed by atoms with E-state index in [1.807, 2.05) is 62.4 Å². The molecule has 4 aromatic rings. The Kier molecular flexibility index (Phi) is 7.17. The number of aromatic nitrogens is 3. The molecule has 0 bridgehead atoms. The molecule has 2 aromatic carbocycles. The van der Waals surface area contributed by atoms with Gasteiger partial charge < -0.3 is 9.30 Å². The summed E-state index contributed by atoms with van der Waals surface area (Å²) >= 11 is 0. The number of ether oxygens (including phenoxy) is 1. The molecule has 1 atom stereocenters. The molecule has 0 fully saturated rings. The van der Waals surface area contributed by atoms with E-state index in [0.29, 0.717) is 26.2 Å². The number of aryl methyl sites for hydroxylation is 1. The van der Waals surface area contributed by atoms with E-state index in [-0.39, 0.29) is 10.9 Å². The van der Waals surface area contributed by atoms with Crippen LogP contribution in [0.1, 0.15) is 23.9 Å². The molecule has 0 spiro atoms. The highest BCUT2D eigenvalue weighted by Crippen LogP contribution is 2.18. The summed E-state index contributed by atoms with van der Waals surface area (Å²) < 4.78 is 36.6. The van der Waals surface area contributed by atoms with Crippen LogP contribution >= 0.6 is 0 Å². The lowest BCUT2D eigenvalue weighted by Crippen LogP contribution is -2.39. The number of pyridine rings is 1. The quantitative estimate of drug-likeness (QED) is 0.387. The number of imidazole rings is 1. The lowest BCUT2D eigenvalue weighted by atomic mass is 10.1. The number of sulfonamides is 1. The number of hydrogen-bond acceptors (Lipinski definition) is 5. The van der Waals surface area contributed by atoms with Crippen LogP contribution in [0.5, 0.6) is 0 Å². The van der Waals surface area contributed by atoms with E-state index < -0.39 is 10.0 Å². The largest absolute Gasteiger partial charge is 0.380 e. The van der Waals surface area contributed by atoms with Crippen molar-refractivity contribution in [2.45, 2.75) is 37.8 Å². The van der Waals surface area contributed by atoms with Crippen molar-refractivity contribution in [3.05, 3.63) is 90.0 Å². The van der Waals surface area contributed by atoms with Crippen LogP contribution in [-0.2, 0) is 27.7 Å². The maximum atomic E-state index is 13.1. The SMILES string of the molecule is CCOC[C@H](Cc1ccccc1)NS(=O)(=O)c1ccc(Cn2c(C)nc3cnccc32)cc1. The first-order valence-corrected chi connectivity index (χ1v) is 12.4. The van der Waals surface area contributed by atoms with E-state index in [1.54, 1.807) is 24.5 Å². The fraction of sp³-hybridized carbons (Fsp3) is 0.280. The molecule has 2 heterocycles. The van der Waals surface area contributed by atoms with Crippen LogP contribution in [0.15, 0.2) is 78.0 Å². The van der Waals surface area contributed by atoms with Gasteiger partial charge in [0.2, 0.25) is 10.0 Å². The Hall–Kier alpha value is -3.07. The molecular formula is C25H28N4O3S. The molecule has 33 heavy (non-hydrogen) atoms. The molecule has 8 heteroatoms. The second kappa shape index (κ2) is 10.2. The van der Waals surface area contributed by atoms with Crippen molar-refractivity contribution in [1.82, 2.24) is 19.3 Å². The zero-order valence-corrected chi connectivity index (χ0v) is 19.6. The molecule has 0 unspecified atom stereocenters. The van der Waals surface area contributed by atoms with Crippen LogP contribution in [0.2, 0.25) is 0 Å². The minimum Gasteiger partial charge on any atom is -0.380 e. The van der Waals surface area contributed by atoms with Crippen molar-refractivity contribution < 1.29 is 13.2 Å². The molecule has 0 radical (unpaired) electrons. The van der Waals surface area contributed by atoms with Gasteiger partial charge in [0.05, 0.1) is 23.2 Å². The Morgan fingerprint density at radius 2 is 1.79 bits per heavy atom. The number of rotatable bonds is 10. The average molecular weight is 465 g/mol. The molecule has 0 saturated carbocycles. The molecule has 0 aliphatic heterocycles. The van der Waals surface area contributed by atoms with Crippen LogP contribution in [0, 0.1) is 6.92 Å². The van der Waals surface area contributed by atoms with E-state index in [9.17, 15) is 8.42 Å². The van der Waals surface area contributed by atoms with Gasteiger partial charge in [0, 0.05) is 25.4 Å². The van der Waals surface area contributed by atoms with E-state index in [4.69, 9.17) is 4.74 Å².